The summed E-state index contributed by atoms with van der Waals surface area (Å²) in [6.07, 6.45) is 4.65. The molecule has 0 aliphatic rings. The van der Waals surface area contributed by atoms with Crippen molar-refractivity contribution in [2.75, 3.05) is 6.61 Å². The molecule has 0 aliphatic carbocycles. The molecule has 0 aliphatic heterocycles. The van der Waals surface area contributed by atoms with Crippen LogP contribution in [0, 0.1) is 0 Å². The van der Waals surface area contributed by atoms with Gasteiger partial charge in [0.05, 0.1) is 12.8 Å². The van der Waals surface area contributed by atoms with Crippen molar-refractivity contribution in [3.05, 3.63) is 28.8 Å². The van der Waals surface area contributed by atoms with Crippen LogP contribution in [0.2, 0.25) is 5.02 Å². The maximum absolute atomic E-state index is 8.52. The first-order chi connectivity index (χ1) is 7.77. The molecule has 16 heavy (non-hydrogen) atoms. The second-order valence-electron chi connectivity index (χ2n) is 3.48. The summed E-state index contributed by atoms with van der Waals surface area (Å²) in [5.41, 5.74) is 0.687. The fourth-order valence-corrected chi connectivity index (χ4v) is 1.53. The van der Waals surface area contributed by atoms with Gasteiger partial charge in [0.25, 0.3) is 0 Å². The quantitative estimate of drug-likeness (QED) is 0.357. The van der Waals surface area contributed by atoms with Gasteiger partial charge in [-0.05, 0) is 24.6 Å². The molecule has 0 heterocycles. The summed E-state index contributed by atoms with van der Waals surface area (Å²) in [6, 6.07) is 5.24. The van der Waals surface area contributed by atoms with E-state index in [9.17, 15) is 0 Å². The molecule has 0 fully saturated rings. The Balaban J connectivity index is 2.63. The first kappa shape index (κ1) is 12.8. The van der Waals surface area contributed by atoms with Gasteiger partial charge in [0, 0.05) is 10.6 Å². The van der Waals surface area contributed by atoms with Gasteiger partial charge in [-0.3, -0.25) is 0 Å². The summed E-state index contributed by atoms with van der Waals surface area (Å²) in [7, 11) is 0. The lowest BCUT2D eigenvalue weighted by atomic mass is 10.2. The van der Waals surface area contributed by atoms with E-state index in [2.05, 4.69) is 12.1 Å². The van der Waals surface area contributed by atoms with E-state index >= 15 is 0 Å². The number of ether oxygens (including phenoxy) is 1. The van der Waals surface area contributed by atoms with Crippen LogP contribution in [-0.2, 0) is 0 Å². The average molecular weight is 242 g/mol. The van der Waals surface area contributed by atoms with Crippen LogP contribution in [0.4, 0.5) is 0 Å². The molecule has 0 unspecified atom stereocenters. The Hall–Kier alpha value is -1.22. The van der Waals surface area contributed by atoms with Gasteiger partial charge >= 0.3 is 0 Å². The van der Waals surface area contributed by atoms with E-state index in [1.165, 1.54) is 6.21 Å². The molecular formula is C12H16ClNO2. The van der Waals surface area contributed by atoms with Crippen molar-refractivity contribution in [1.82, 2.24) is 0 Å². The highest BCUT2D eigenvalue weighted by atomic mass is 35.5. The van der Waals surface area contributed by atoms with Crippen LogP contribution in [0.3, 0.4) is 0 Å². The molecule has 1 N–H and O–H groups in total. The summed E-state index contributed by atoms with van der Waals surface area (Å²) in [4.78, 5) is 0. The second kappa shape index (κ2) is 7.12. The number of unbranched alkanes of at least 4 members (excludes halogenated alkanes) is 2. The summed E-state index contributed by atoms with van der Waals surface area (Å²) in [5.74, 6) is 0.693. The summed E-state index contributed by atoms with van der Waals surface area (Å²) >= 11 is 5.84. The molecule has 0 atom stereocenters. The predicted molar refractivity (Wildman–Crippen MR) is 65.9 cm³/mol. The van der Waals surface area contributed by atoms with Crippen molar-refractivity contribution in [2.45, 2.75) is 26.2 Å². The molecule has 0 aromatic heterocycles. The zero-order valence-corrected chi connectivity index (χ0v) is 10.1. The lowest BCUT2D eigenvalue weighted by Crippen LogP contribution is -2.00. The molecule has 88 valence electrons. The minimum absolute atomic E-state index is 0.593. The molecule has 1 rings (SSSR count). The minimum atomic E-state index is 0.593. The van der Waals surface area contributed by atoms with Crippen LogP contribution >= 0.6 is 11.6 Å². The van der Waals surface area contributed by atoms with Crippen LogP contribution in [0.15, 0.2) is 23.4 Å². The monoisotopic (exact) mass is 241 g/mol. The highest BCUT2D eigenvalue weighted by Crippen LogP contribution is 2.21. The highest BCUT2D eigenvalue weighted by molar-refractivity contribution is 6.30. The fourth-order valence-electron chi connectivity index (χ4n) is 1.35. The molecule has 3 nitrogen and oxygen atoms in total. The molecule has 1 aromatic rings. The molecule has 0 amide bonds. The largest absolute Gasteiger partial charge is 0.493 e. The van der Waals surface area contributed by atoms with Gasteiger partial charge in [-0.25, -0.2) is 0 Å². The van der Waals surface area contributed by atoms with Crippen molar-refractivity contribution in [1.29, 1.82) is 0 Å². The third-order valence-electron chi connectivity index (χ3n) is 2.17. The van der Waals surface area contributed by atoms with Crippen LogP contribution in [0.1, 0.15) is 31.7 Å². The second-order valence-corrected chi connectivity index (χ2v) is 3.92. The van der Waals surface area contributed by atoms with Gasteiger partial charge < -0.3 is 9.94 Å². The number of benzene rings is 1. The van der Waals surface area contributed by atoms with E-state index in [0.29, 0.717) is 22.9 Å². The Kier molecular flexibility index (Phi) is 5.72. The number of rotatable bonds is 6. The van der Waals surface area contributed by atoms with Crippen LogP contribution < -0.4 is 4.74 Å². The first-order valence-electron chi connectivity index (χ1n) is 5.37. The number of nitrogens with zero attached hydrogens (tertiary/aromatic N) is 1. The molecule has 0 radical (unpaired) electrons. The standard InChI is InChI=1S/C12H16ClNO2/c1-2-3-4-7-16-12-6-5-11(13)8-10(12)9-14-15/h5-6,8-9,15H,2-4,7H2,1H3/b14-9+. The van der Waals surface area contributed by atoms with Crippen LogP contribution in [0.5, 0.6) is 5.75 Å². The Morgan fingerprint density at radius 2 is 2.25 bits per heavy atom. The van der Waals surface area contributed by atoms with E-state index in [-0.39, 0.29) is 0 Å². The highest BCUT2D eigenvalue weighted by Gasteiger charge is 2.02. The number of oxime groups is 1. The normalized spacial score (nSPS) is 10.9. The van der Waals surface area contributed by atoms with Gasteiger partial charge in [0.1, 0.15) is 5.75 Å². The van der Waals surface area contributed by atoms with E-state index in [1.807, 2.05) is 0 Å². The van der Waals surface area contributed by atoms with Crippen LogP contribution in [0.25, 0.3) is 0 Å². The molecule has 0 saturated heterocycles. The Bertz CT molecular complexity index is 353. The Labute approximate surface area is 101 Å². The van der Waals surface area contributed by atoms with Gasteiger partial charge in [0.2, 0.25) is 0 Å². The summed E-state index contributed by atoms with van der Waals surface area (Å²) in [6.45, 7) is 2.81. The summed E-state index contributed by atoms with van der Waals surface area (Å²) < 4.78 is 5.59. The number of hydrogen-bond donors (Lipinski definition) is 1. The lowest BCUT2D eigenvalue weighted by Gasteiger charge is -2.08. The molecule has 1 aromatic carbocycles. The van der Waals surface area contributed by atoms with Crippen molar-refractivity contribution < 1.29 is 9.94 Å². The molecule has 0 saturated carbocycles. The lowest BCUT2D eigenvalue weighted by molar-refractivity contribution is 0.304. The topological polar surface area (TPSA) is 41.8 Å². The number of hydrogen-bond acceptors (Lipinski definition) is 3. The minimum Gasteiger partial charge on any atom is -0.493 e. The average Bonchev–Trinajstić information content (AvgIpc) is 2.27. The predicted octanol–water partition coefficient (Wildman–Crippen LogP) is 3.72. The van der Waals surface area contributed by atoms with Crippen molar-refractivity contribution in [2.24, 2.45) is 5.16 Å². The third kappa shape index (κ3) is 4.11. The molecule has 4 heteroatoms. The Morgan fingerprint density at radius 3 is 2.94 bits per heavy atom. The van der Waals surface area contributed by atoms with Crippen molar-refractivity contribution >= 4 is 17.8 Å². The Morgan fingerprint density at radius 1 is 1.44 bits per heavy atom. The zero-order valence-electron chi connectivity index (χ0n) is 9.32. The molecular weight excluding hydrogens is 226 g/mol. The van der Waals surface area contributed by atoms with Gasteiger partial charge in [-0.15, -0.1) is 0 Å². The number of halogens is 1. The zero-order chi connectivity index (χ0) is 11.8. The third-order valence-corrected chi connectivity index (χ3v) is 2.41. The van der Waals surface area contributed by atoms with E-state index < -0.39 is 0 Å². The van der Waals surface area contributed by atoms with Gasteiger partial charge in [-0.1, -0.05) is 36.5 Å². The van der Waals surface area contributed by atoms with Gasteiger partial charge in [0.15, 0.2) is 0 Å². The maximum Gasteiger partial charge on any atom is 0.128 e. The SMILES string of the molecule is CCCCCOc1ccc(Cl)cc1/C=N/O. The smallest absolute Gasteiger partial charge is 0.128 e. The van der Waals surface area contributed by atoms with E-state index in [0.717, 1.165) is 19.3 Å². The molecule has 0 spiro atoms. The maximum atomic E-state index is 8.52. The van der Waals surface area contributed by atoms with Crippen molar-refractivity contribution in [3.8, 4) is 5.75 Å². The molecule has 0 bridgehead atoms. The summed E-state index contributed by atoms with van der Waals surface area (Å²) in [5, 5.41) is 12.1. The first-order valence-corrected chi connectivity index (χ1v) is 5.75. The fraction of sp³-hybridized carbons (Fsp3) is 0.417. The van der Waals surface area contributed by atoms with Gasteiger partial charge in [-0.2, -0.15) is 0 Å². The van der Waals surface area contributed by atoms with Crippen LogP contribution in [-0.4, -0.2) is 18.0 Å². The van der Waals surface area contributed by atoms with E-state index in [1.54, 1.807) is 18.2 Å². The van der Waals surface area contributed by atoms with E-state index in [4.69, 9.17) is 21.5 Å². The van der Waals surface area contributed by atoms with Crippen molar-refractivity contribution in [3.63, 3.8) is 0 Å².